The van der Waals surface area contributed by atoms with Crippen LogP contribution < -0.4 is 0 Å². The Labute approximate surface area is 155 Å². The van der Waals surface area contributed by atoms with E-state index in [-0.39, 0.29) is 0 Å². The Morgan fingerprint density at radius 2 is 1.24 bits per heavy atom. The molecule has 0 rings (SSSR count). The first-order chi connectivity index (χ1) is 12.2. The molecule has 0 aromatic carbocycles. The summed E-state index contributed by atoms with van der Waals surface area (Å²) < 4.78 is 5.19. The molecule has 0 aromatic heterocycles. The molecule has 0 fully saturated rings. The van der Waals surface area contributed by atoms with Gasteiger partial charge in [-0.05, 0) is 18.8 Å². The van der Waals surface area contributed by atoms with E-state index < -0.39 is 18.7 Å². The lowest BCUT2D eigenvalue weighted by atomic mass is 9.95. The van der Waals surface area contributed by atoms with E-state index in [1.165, 1.54) is 77.0 Å². The van der Waals surface area contributed by atoms with E-state index in [4.69, 9.17) is 9.84 Å². The molecule has 0 aliphatic rings. The van der Waals surface area contributed by atoms with Crippen molar-refractivity contribution in [2.24, 2.45) is 5.92 Å². The summed E-state index contributed by atoms with van der Waals surface area (Å²) in [4.78, 5) is 11.5. The van der Waals surface area contributed by atoms with Crippen molar-refractivity contribution in [1.82, 2.24) is 0 Å². The lowest BCUT2D eigenvalue weighted by Crippen LogP contribution is -2.28. The van der Waals surface area contributed by atoms with E-state index in [2.05, 4.69) is 13.8 Å². The number of unbranched alkanes of at least 4 members (excludes halogenated alkanes) is 10. The Morgan fingerprint density at radius 1 is 0.800 bits per heavy atom. The number of carbonyl (C=O) groups is 1. The molecule has 0 amide bonds. The van der Waals surface area contributed by atoms with Crippen LogP contribution in [0.25, 0.3) is 0 Å². The Bertz CT molecular complexity index is 294. The molecule has 0 aromatic rings. The van der Waals surface area contributed by atoms with Gasteiger partial charge in [-0.2, -0.15) is 0 Å². The quantitative estimate of drug-likeness (QED) is 0.267. The van der Waals surface area contributed by atoms with Gasteiger partial charge in [0.2, 0.25) is 0 Å². The normalized spacial score (nSPS) is 13.6. The molecule has 25 heavy (non-hydrogen) atoms. The summed E-state index contributed by atoms with van der Waals surface area (Å²) in [6.45, 7) is 4.25. The molecular weight excluding hydrogens is 316 g/mol. The predicted molar refractivity (Wildman–Crippen MR) is 104 cm³/mol. The number of esters is 1. The highest BCUT2D eigenvalue weighted by Crippen LogP contribution is 2.19. The zero-order valence-electron chi connectivity index (χ0n) is 16.7. The molecule has 0 saturated carbocycles. The van der Waals surface area contributed by atoms with Gasteiger partial charge >= 0.3 is 5.97 Å². The Balaban J connectivity index is 3.94. The maximum atomic E-state index is 11.5. The van der Waals surface area contributed by atoms with Gasteiger partial charge in [0.15, 0.2) is 6.10 Å². The van der Waals surface area contributed by atoms with Gasteiger partial charge in [-0.25, -0.2) is 4.79 Å². The summed E-state index contributed by atoms with van der Waals surface area (Å²) in [5.41, 5.74) is 0. The van der Waals surface area contributed by atoms with Crippen molar-refractivity contribution in [3.05, 3.63) is 0 Å². The third-order valence-corrected chi connectivity index (χ3v) is 4.84. The van der Waals surface area contributed by atoms with Crippen LogP contribution in [0.15, 0.2) is 0 Å². The molecule has 2 N–H and O–H groups in total. The molecule has 150 valence electrons. The summed E-state index contributed by atoms with van der Waals surface area (Å²) in [5, 5.41) is 18.1. The van der Waals surface area contributed by atoms with Crippen LogP contribution in [0.2, 0.25) is 0 Å². The fourth-order valence-corrected chi connectivity index (χ4v) is 3.11. The largest absolute Gasteiger partial charge is 0.463 e. The third kappa shape index (κ3) is 15.4. The first kappa shape index (κ1) is 24.4. The average molecular weight is 359 g/mol. The van der Waals surface area contributed by atoms with Gasteiger partial charge in [0.25, 0.3) is 0 Å². The Kier molecular flexibility index (Phi) is 17.7. The minimum Gasteiger partial charge on any atom is -0.463 e. The fourth-order valence-electron chi connectivity index (χ4n) is 3.11. The lowest BCUT2D eigenvalue weighted by molar-refractivity contribution is -0.157. The number of aliphatic hydroxyl groups is 2. The molecule has 2 unspecified atom stereocenters. The van der Waals surface area contributed by atoms with Gasteiger partial charge in [-0.3, -0.25) is 0 Å². The second-order valence-electron chi connectivity index (χ2n) is 7.31. The van der Waals surface area contributed by atoms with Crippen molar-refractivity contribution in [3.8, 4) is 0 Å². The highest BCUT2D eigenvalue weighted by molar-refractivity contribution is 5.74. The van der Waals surface area contributed by atoms with E-state index in [0.717, 1.165) is 12.8 Å². The van der Waals surface area contributed by atoms with Crippen molar-refractivity contribution in [1.29, 1.82) is 0 Å². The topological polar surface area (TPSA) is 66.8 Å². The van der Waals surface area contributed by atoms with Crippen LogP contribution in [-0.4, -0.2) is 35.5 Å². The zero-order valence-corrected chi connectivity index (χ0v) is 16.7. The summed E-state index contributed by atoms with van der Waals surface area (Å²) in [6.07, 6.45) is 16.1. The smallest absolute Gasteiger partial charge is 0.337 e. The first-order valence-electron chi connectivity index (χ1n) is 10.6. The van der Waals surface area contributed by atoms with Crippen molar-refractivity contribution in [3.63, 3.8) is 0 Å². The molecular formula is C21H42O4. The molecule has 0 aliphatic carbocycles. The van der Waals surface area contributed by atoms with Crippen molar-refractivity contribution < 1.29 is 19.7 Å². The number of ether oxygens (including phenoxy) is 1. The van der Waals surface area contributed by atoms with E-state index in [1.807, 2.05) is 0 Å². The van der Waals surface area contributed by atoms with Crippen LogP contribution in [0.3, 0.4) is 0 Å². The minimum atomic E-state index is -1.40. The summed E-state index contributed by atoms with van der Waals surface area (Å²) >= 11 is 0. The Morgan fingerprint density at radius 3 is 1.72 bits per heavy atom. The van der Waals surface area contributed by atoms with Gasteiger partial charge < -0.3 is 14.9 Å². The standard InChI is InChI=1S/C21H42O4/c1-3-5-7-9-10-11-12-14-16-19(15-13-8-6-4-2)18-25-21(24)20(23)17-22/h19-20,22-23H,3-18H2,1-2H3. The number of carbonyl (C=O) groups excluding carboxylic acids is 1. The van der Waals surface area contributed by atoms with Gasteiger partial charge in [0.1, 0.15) is 0 Å². The van der Waals surface area contributed by atoms with Crippen LogP contribution in [0.4, 0.5) is 0 Å². The summed E-state index contributed by atoms with van der Waals surface area (Å²) in [6, 6.07) is 0. The van der Waals surface area contributed by atoms with E-state index >= 15 is 0 Å². The molecule has 0 radical (unpaired) electrons. The fraction of sp³-hybridized carbons (Fsp3) is 0.952. The van der Waals surface area contributed by atoms with Crippen LogP contribution in [-0.2, 0) is 9.53 Å². The maximum Gasteiger partial charge on any atom is 0.337 e. The number of hydrogen-bond donors (Lipinski definition) is 2. The maximum absolute atomic E-state index is 11.5. The minimum absolute atomic E-state index is 0.374. The SMILES string of the molecule is CCCCCCCCCCC(CCCCCC)COC(=O)C(O)CO. The molecule has 0 bridgehead atoms. The molecule has 4 heteroatoms. The Hall–Kier alpha value is -0.610. The van der Waals surface area contributed by atoms with Gasteiger partial charge in [-0.1, -0.05) is 90.9 Å². The molecule has 2 atom stereocenters. The van der Waals surface area contributed by atoms with E-state index in [0.29, 0.717) is 12.5 Å². The molecule has 0 spiro atoms. The molecule has 0 heterocycles. The average Bonchev–Trinajstić information content (AvgIpc) is 2.63. The number of rotatable bonds is 18. The van der Waals surface area contributed by atoms with Crippen LogP contribution in [0, 0.1) is 5.92 Å². The van der Waals surface area contributed by atoms with Crippen LogP contribution in [0.1, 0.15) is 104 Å². The number of hydrogen-bond acceptors (Lipinski definition) is 4. The lowest BCUT2D eigenvalue weighted by Gasteiger charge is -2.18. The first-order valence-corrected chi connectivity index (χ1v) is 10.6. The predicted octanol–water partition coefficient (Wildman–Crippen LogP) is 5.00. The van der Waals surface area contributed by atoms with Gasteiger partial charge in [0.05, 0.1) is 13.2 Å². The third-order valence-electron chi connectivity index (χ3n) is 4.84. The van der Waals surface area contributed by atoms with E-state index in [9.17, 15) is 9.90 Å². The van der Waals surface area contributed by atoms with Crippen molar-refractivity contribution in [2.75, 3.05) is 13.2 Å². The molecule has 4 nitrogen and oxygen atoms in total. The highest BCUT2D eigenvalue weighted by atomic mass is 16.5. The van der Waals surface area contributed by atoms with Crippen molar-refractivity contribution >= 4 is 5.97 Å². The highest BCUT2D eigenvalue weighted by Gasteiger charge is 2.17. The summed E-state index contributed by atoms with van der Waals surface area (Å²) in [5.74, 6) is -0.316. The van der Waals surface area contributed by atoms with Crippen LogP contribution in [0.5, 0.6) is 0 Å². The summed E-state index contributed by atoms with van der Waals surface area (Å²) in [7, 11) is 0. The van der Waals surface area contributed by atoms with Gasteiger partial charge in [0, 0.05) is 0 Å². The zero-order chi connectivity index (χ0) is 18.8. The van der Waals surface area contributed by atoms with Crippen LogP contribution >= 0.6 is 0 Å². The van der Waals surface area contributed by atoms with E-state index in [1.54, 1.807) is 0 Å². The molecule has 0 aliphatic heterocycles. The monoisotopic (exact) mass is 358 g/mol. The van der Waals surface area contributed by atoms with Crippen molar-refractivity contribution in [2.45, 2.75) is 110 Å². The molecule has 0 saturated heterocycles. The second-order valence-corrected chi connectivity index (χ2v) is 7.31. The number of aliphatic hydroxyl groups excluding tert-OH is 2. The van der Waals surface area contributed by atoms with Gasteiger partial charge in [-0.15, -0.1) is 0 Å². The second kappa shape index (κ2) is 18.2.